The minimum Gasteiger partial charge on any atom is -0.288 e. The number of rotatable bonds is 4. The molecule has 0 saturated heterocycles. The lowest BCUT2D eigenvalue weighted by Crippen LogP contribution is -2.15. The van der Waals surface area contributed by atoms with Gasteiger partial charge in [-0.25, -0.2) is 5.43 Å². The third-order valence-corrected chi connectivity index (χ3v) is 3.53. The normalized spacial score (nSPS) is 10.8. The Hall–Kier alpha value is -2.80. The quantitative estimate of drug-likeness (QED) is 0.546. The first-order chi connectivity index (χ1) is 11.2. The number of hydrogen-bond donors (Lipinski definition) is 2. The molecular weight excluding hydrogens is 358 g/mol. The van der Waals surface area contributed by atoms with Crippen molar-refractivity contribution >= 4 is 28.1 Å². The number of nitrogens with zero attached hydrogens (tertiary/aromatic N) is 3. The average Bonchev–Trinajstić information content (AvgIpc) is 2.58. The van der Waals surface area contributed by atoms with Crippen LogP contribution in [0.4, 0.5) is 5.95 Å². The second kappa shape index (κ2) is 6.97. The highest BCUT2D eigenvalue weighted by Crippen LogP contribution is 2.11. The van der Waals surface area contributed by atoms with Crippen molar-refractivity contribution in [2.45, 2.75) is 0 Å². The summed E-state index contributed by atoms with van der Waals surface area (Å²) in [6.45, 7) is 0. The van der Waals surface area contributed by atoms with Gasteiger partial charge in [0.05, 0.1) is 6.21 Å². The average molecular weight is 370 g/mol. The van der Waals surface area contributed by atoms with E-state index in [4.69, 9.17) is 0 Å². The fourth-order valence-electron chi connectivity index (χ4n) is 1.89. The number of aromatic nitrogens is 3. The second-order valence-corrected chi connectivity index (χ2v) is 5.55. The SMILES string of the molecule is O=c1[nH]c(N/N=C/c2ccc(Br)cc2)nnc1-c1ccccc1. The highest BCUT2D eigenvalue weighted by molar-refractivity contribution is 9.10. The Morgan fingerprint density at radius 2 is 1.78 bits per heavy atom. The molecule has 1 heterocycles. The minimum atomic E-state index is -0.326. The van der Waals surface area contributed by atoms with Gasteiger partial charge in [0.2, 0.25) is 5.95 Å². The van der Waals surface area contributed by atoms with E-state index in [-0.39, 0.29) is 17.2 Å². The van der Waals surface area contributed by atoms with E-state index in [2.05, 4.69) is 41.6 Å². The molecule has 0 aliphatic heterocycles. The van der Waals surface area contributed by atoms with Gasteiger partial charge in [0.1, 0.15) is 0 Å². The van der Waals surface area contributed by atoms with Crippen molar-refractivity contribution in [1.82, 2.24) is 15.2 Å². The summed E-state index contributed by atoms with van der Waals surface area (Å²) >= 11 is 3.37. The fourth-order valence-corrected chi connectivity index (χ4v) is 2.15. The molecule has 2 aromatic carbocycles. The Morgan fingerprint density at radius 3 is 2.48 bits per heavy atom. The van der Waals surface area contributed by atoms with Gasteiger partial charge in [-0.3, -0.25) is 9.78 Å². The van der Waals surface area contributed by atoms with E-state index in [1.807, 2.05) is 42.5 Å². The predicted molar refractivity (Wildman–Crippen MR) is 93.4 cm³/mol. The number of nitrogens with one attached hydrogen (secondary N) is 2. The molecule has 3 aromatic rings. The van der Waals surface area contributed by atoms with Gasteiger partial charge in [0.15, 0.2) is 5.69 Å². The van der Waals surface area contributed by atoms with Gasteiger partial charge in [-0.1, -0.05) is 58.4 Å². The van der Waals surface area contributed by atoms with Crippen LogP contribution in [0.25, 0.3) is 11.3 Å². The van der Waals surface area contributed by atoms with Gasteiger partial charge in [-0.2, -0.15) is 5.10 Å². The largest absolute Gasteiger partial charge is 0.288 e. The van der Waals surface area contributed by atoms with Gasteiger partial charge < -0.3 is 0 Å². The summed E-state index contributed by atoms with van der Waals surface area (Å²) in [5.74, 6) is 0.183. The lowest BCUT2D eigenvalue weighted by atomic mass is 10.2. The maximum atomic E-state index is 12.1. The van der Waals surface area contributed by atoms with E-state index in [1.165, 1.54) is 0 Å². The van der Waals surface area contributed by atoms with Crippen molar-refractivity contribution in [3.63, 3.8) is 0 Å². The van der Waals surface area contributed by atoms with E-state index >= 15 is 0 Å². The lowest BCUT2D eigenvalue weighted by molar-refractivity contribution is 0.947. The van der Waals surface area contributed by atoms with Gasteiger partial charge in [0.25, 0.3) is 5.56 Å². The molecule has 0 spiro atoms. The number of H-pyrrole nitrogens is 1. The summed E-state index contributed by atoms with van der Waals surface area (Å²) in [6, 6.07) is 16.8. The van der Waals surface area contributed by atoms with Gasteiger partial charge in [-0.05, 0) is 17.7 Å². The van der Waals surface area contributed by atoms with Crippen molar-refractivity contribution in [2.75, 3.05) is 5.43 Å². The predicted octanol–water partition coefficient (Wildman–Crippen LogP) is 3.04. The van der Waals surface area contributed by atoms with E-state index < -0.39 is 0 Å². The first kappa shape index (κ1) is 15.1. The van der Waals surface area contributed by atoms with Crippen molar-refractivity contribution in [2.24, 2.45) is 5.10 Å². The summed E-state index contributed by atoms with van der Waals surface area (Å²) in [6.07, 6.45) is 1.62. The summed E-state index contributed by atoms with van der Waals surface area (Å²) in [5.41, 5.74) is 4.23. The van der Waals surface area contributed by atoms with Crippen molar-refractivity contribution in [3.05, 3.63) is 75.0 Å². The van der Waals surface area contributed by atoms with Crippen LogP contribution in [0.2, 0.25) is 0 Å². The van der Waals surface area contributed by atoms with Crippen molar-refractivity contribution < 1.29 is 0 Å². The maximum absolute atomic E-state index is 12.1. The molecule has 0 radical (unpaired) electrons. The zero-order valence-corrected chi connectivity index (χ0v) is 13.5. The molecule has 0 fully saturated rings. The van der Waals surface area contributed by atoms with E-state index in [1.54, 1.807) is 18.3 Å². The number of hydrazone groups is 1. The molecule has 23 heavy (non-hydrogen) atoms. The van der Waals surface area contributed by atoms with E-state index in [0.29, 0.717) is 5.56 Å². The van der Waals surface area contributed by atoms with Crippen molar-refractivity contribution in [3.8, 4) is 11.3 Å². The van der Waals surface area contributed by atoms with Crippen LogP contribution in [0, 0.1) is 0 Å². The van der Waals surface area contributed by atoms with Crippen LogP contribution in [0.3, 0.4) is 0 Å². The second-order valence-electron chi connectivity index (χ2n) is 4.64. The standard InChI is InChI=1S/C16H12BrN5O/c17-13-8-6-11(7-9-13)10-18-21-16-19-15(23)14(20-22-16)12-4-2-1-3-5-12/h1-10H,(H2,19,21,22,23)/b18-10+. The third kappa shape index (κ3) is 3.89. The molecule has 0 amide bonds. The smallest absolute Gasteiger partial charge is 0.279 e. The Bertz CT molecular complexity index is 875. The summed E-state index contributed by atoms with van der Waals surface area (Å²) < 4.78 is 0.995. The fraction of sp³-hybridized carbons (Fsp3) is 0. The zero-order chi connectivity index (χ0) is 16.1. The molecule has 6 nitrogen and oxygen atoms in total. The molecule has 0 aliphatic rings. The first-order valence-electron chi connectivity index (χ1n) is 6.79. The highest BCUT2D eigenvalue weighted by Gasteiger charge is 2.06. The van der Waals surface area contributed by atoms with Gasteiger partial charge >= 0.3 is 0 Å². The van der Waals surface area contributed by atoms with Crippen LogP contribution in [-0.4, -0.2) is 21.4 Å². The van der Waals surface area contributed by atoms with Crippen LogP contribution < -0.4 is 11.0 Å². The summed E-state index contributed by atoms with van der Waals surface area (Å²) in [7, 11) is 0. The molecule has 0 unspecified atom stereocenters. The Labute approximate surface area is 140 Å². The van der Waals surface area contributed by atoms with Gasteiger partial charge in [-0.15, -0.1) is 10.2 Å². The van der Waals surface area contributed by atoms with Crippen LogP contribution in [0.15, 0.2) is 69.0 Å². The molecule has 0 aliphatic carbocycles. The molecule has 0 saturated carbocycles. The molecule has 3 rings (SSSR count). The highest BCUT2D eigenvalue weighted by atomic mass is 79.9. The topological polar surface area (TPSA) is 83.0 Å². The monoisotopic (exact) mass is 369 g/mol. The molecule has 2 N–H and O–H groups in total. The molecule has 7 heteroatoms. The number of hydrogen-bond acceptors (Lipinski definition) is 5. The van der Waals surface area contributed by atoms with Gasteiger partial charge in [0, 0.05) is 10.0 Å². The number of anilines is 1. The van der Waals surface area contributed by atoms with E-state index in [0.717, 1.165) is 10.0 Å². The van der Waals surface area contributed by atoms with Crippen LogP contribution in [-0.2, 0) is 0 Å². The number of benzene rings is 2. The van der Waals surface area contributed by atoms with Crippen LogP contribution >= 0.6 is 15.9 Å². The molecule has 1 aromatic heterocycles. The Balaban J connectivity index is 1.73. The number of halogens is 1. The third-order valence-electron chi connectivity index (χ3n) is 3.00. The minimum absolute atomic E-state index is 0.183. The van der Waals surface area contributed by atoms with Crippen molar-refractivity contribution in [1.29, 1.82) is 0 Å². The molecule has 114 valence electrons. The van der Waals surface area contributed by atoms with E-state index in [9.17, 15) is 4.79 Å². The van der Waals surface area contributed by atoms with Crippen LogP contribution in [0.1, 0.15) is 5.56 Å². The number of aromatic amines is 1. The summed E-state index contributed by atoms with van der Waals surface area (Å²) in [4.78, 5) is 14.7. The zero-order valence-electron chi connectivity index (χ0n) is 11.9. The Kier molecular flexibility index (Phi) is 4.58. The molecule has 0 bridgehead atoms. The molecular formula is C16H12BrN5O. The summed E-state index contributed by atoms with van der Waals surface area (Å²) in [5, 5.41) is 11.9. The maximum Gasteiger partial charge on any atom is 0.279 e. The first-order valence-corrected chi connectivity index (χ1v) is 7.59. The Morgan fingerprint density at radius 1 is 1.04 bits per heavy atom. The van der Waals surface area contributed by atoms with Crippen LogP contribution in [0.5, 0.6) is 0 Å². The lowest BCUT2D eigenvalue weighted by Gasteiger charge is -2.01. The molecule has 0 atom stereocenters.